The zero-order valence-corrected chi connectivity index (χ0v) is 13.8. The summed E-state index contributed by atoms with van der Waals surface area (Å²) in [6, 6.07) is 9.31. The molecule has 1 aromatic rings. The highest BCUT2D eigenvalue weighted by Gasteiger charge is 2.22. The van der Waals surface area contributed by atoms with Crippen LogP contribution in [0.4, 0.5) is 0 Å². The molecule has 0 aliphatic heterocycles. The maximum atomic E-state index is 5.96. The fourth-order valence-corrected chi connectivity index (χ4v) is 3.49. The van der Waals surface area contributed by atoms with E-state index >= 15 is 0 Å². The van der Waals surface area contributed by atoms with Crippen LogP contribution in [0, 0.1) is 11.8 Å². The van der Waals surface area contributed by atoms with Crippen molar-refractivity contribution < 1.29 is 0 Å². The molecule has 1 fully saturated rings. The summed E-state index contributed by atoms with van der Waals surface area (Å²) in [5.41, 5.74) is 1.33. The number of hydrogen-bond donors (Lipinski definition) is 1. The molecule has 3 unspecified atom stereocenters. The molecular weight excluding hydrogens is 266 g/mol. The average Bonchev–Trinajstić information content (AvgIpc) is 2.65. The maximum absolute atomic E-state index is 5.96. The lowest BCUT2D eigenvalue weighted by Crippen LogP contribution is -2.31. The number of nitrogens with one attached hydrogen (secondary N) is 1. The van der Waals surface area contributed by atoms with Crippen LogP contribution >= 0.6 is 11.6 Å². The lowest BCUT2D eigenvalue weighted by molar-refractivity contribution is 0.335. The van der Waals surface area contributed by atoms with Gasteiger partial charge < -0.3 is 5.32 Å². The first-order valence-corrected chi connectivity index (χ1v) is 8.45. The Morgan fingerprint density at radius 2 is 1.70 bits per heavy atom. The summed E-state index contributed by atoms with van der Waals surface area (Å²) in [4.78, 5) is 0. The molecule has 1 N–H and O–H groups in total. The standard InChI is InChI=1S/C18H28ClN/c1-13(2)15-5-4-6-18(12-9-15)20-14(3)16-7-10-17(19)11-8-16/h7-8,10-11,13-15,18,20H,4-6,9,12H2,1-3H3. The first-order valence-electron chi connectivity index (χ1n) is 8.07. The maximum Gasteiger partial charge on any atom is 0.0406 e. The summed E-state index contributed by atoms with van der Waals surface area (Å²) in [6.45, 7) is 7.00. The SMILES string of the molecule is CC(NC1CCCC(C(C)C)CC1)c1ccc(Cl)cc1. The number of halogens is 1. The second-order valence-electron chi connectivity index (χ2n) is 6.65. The van der Waals surface area contributed by atoms with Gasteiger partial charge in [-0.3, -0.25) is 0 Å². The van der Waals surface area contributed by atoms with E-state index in [0.717, 1.165) is 16.9 Å². The van der Waals surface area contributed by atoms with Gasteiger partial charge in [0.25, 0.3) is 0 Å². The molecule has 0 spiro atoms. The van der Waals surface area contributed by atoms with Crippen molar-refractivity contribution in [3.8, 4) is 0 Å². The van der Waals surface area contributed by atoms with Gasteiger partial charge in [0.15, 0.2) is 0 Å². The molecule has 20 heavy (non-hydrogen) atoms. The first-order chi connectivity index (χ1) is 9.56. The summed E-state index contributed by atoms with van der Waals surface area (Å²) in [7, 11) is 0. The van der Waals surface area contributed by atoms with E-state index in [4.69, 9.17) is 11.6 Å². The third kappa shape index (κ3) is 4.49. The molecule has 2 rings (SSSR count). The molecule has 3 atom stereocenters. The van der Waals surface area contributed by atoms with Crippen molar-refractivity contribution in [3.63, 3.8) is 0 Å². The van der Waals surface area contributed by atoms with Gasteiger partial charge in [-0.05, 0) is 55.7 Å². The number of hydrogen-bond acceptors (Lipinski definition) is 1. The van der Waals surface area contributed by atoms with Crippen LogP contribution in [0.5, 0.6) is 0 Å². The molecule has 112 valence electrons. The molecule has 1 aromatic carbocycles. The molecule has 1 saturated carbocycles. The summed E-state index contributed by atoms with van der Waals surface area (Å²) in [5.74, 6) is 1.76. The van der Waals surface area contributed by atoms with E-state index in [1.807, 2.05) is 12.1 Å². The smallest absolute Gasteiger partial charge is 0.0406 e. The summed E-state index contributed by atoms with van der Waals surface area (Å²) < 4.78 is 0. The molecule has 0 bridgehead atoms. The van der Waals surface area contributed by atoms with Crippen LogP contribution in [0.1, 0.15) is 64.5 Å². The third-order valence-electron chi connectivity index (χ3n) is 4.81. The van der Waals surface area contributed by atoms with Crippen molar-refractivity contribution in [2.75, 3.05) is 0 Å². The normalized spacial score (nSPS) is 25.4. The Morgan fingerprint density at radius 3 is 2.35 bits per heavy atom. The first kappa shape index (κ1) is 15.9. The van der Waals surface area contributed by atoms with Gasteiger partial charge in [0, 0.05) is 17.1 Å². The molecule has 1 nitrogen and oxygen atoms in total. The van der Waals surface area contributed by atoms with Crippen molar-refractivity contribution in [2.24, 2.45) is 11.8 Å². The Kier molecular flexibility index (Phi) is 5.92. The van der Waals surface area contributed by atoms with E-state index in [9.17, 15) is 0 Å². The molecule has 0 saturated heterocycles. The second kappa shape index (κ2) is 7.47. The topological polar surface area (TPSA) is 12.0 Å². The van der Waals surface area contributed by atoms with Crippen molar-refractivity contribution in [1.82, 2.24) is 5.32 Å². The van der Waals surface area contributed by atoms with Gasteiger partial charge in [0.05, 0.1) is 0 Å². The molecule has 1 aliphatic rings. The summed E-state index contributed by atoms with van der Waals surface area (Å²) in [6.07, 6.45) is 6.80. The largest absolute Gasteiger partial charge is 0.307 e. The molecule has 1 aliphatic carbocycles. The van der Waals surface area contributed by atoms with Gasteiger partial charge in [-0.15, -0.1) is 0 Å². The van der Waals surface area contributed by atoms with Crippen molar-refractivity contribution in [3.05, 3.63) is 34.9 Å². The van der Waals surface area contributed by atoms with Gasteiger partial charge in [-0.1, -0.05) is 50.4 Å². The van der Waals surface area contributed by atoms with Gasteiger partial charge >= 0.3 is 0 Å². The van der Waals surface area contributed by atoms with Crippen molar-refractivity contribution in [2.45, 2.75) is 65.0 Å². The Bertz CT molecular complexity index is 398. The predicted octanol–water partition coefficient (Wildman–Crippen LogP) is 5.60. The van der Waals surface area contributed by atoms with E-state index in [1.165, 1.54) is 37.7 Å². The minimum Gasteiger partial charge on any atom is -0.307 e. The average molecular weight is 294 g/mol. The molecule has 0 radical (unpaired) electrons. The van der Waals surface area contributed by atoms with Crippen LogP contribution in [0.2, 0.25) is 5.02 Å². The van der Waals surface area contributed by atoms with E-state index in [2.05, 4.69) is 38.2 Å². The van der Waals surface area contributed by atoms with Gasteiger partial charge in [-0.25, -0.2) is 0 Å². The van der Waals surface area contributed by atoms with E-state index in [-0.39, 0.29) is 0 Å². The highest BCUT2D eigenvalue weighted by molar-refractivity contribution is 6.30. The molecule has 0 aromatic heterocycles. The fourth-order valence-electron chi connectivity index (χ4n) is 3.36. The van der Waals surface area contributed by atoms with Crippen LogP contribution in [0.25, 0.3) is 0 Å². The lowest BCUT2D eigenvalue weighted by atomic mass is 9.89. The molecule has 0 amide bonds. The van der Waals surface area contributed by atoms with Gasteiger partial charge in [-0.2, -0.15) is 0 Å². The van der Waals surface area contributed by atoms with E-state index < -0.39 is 0 Å². The minimum absolute atomic E-state index is 0.410. The highest BCUT2D eigenvalue weighted by Crippen LogP contribution is 2.29. The highest BCUT2D eigenvalue weighted by atomic mass is 35.5. The van der Waals surface area contributed by atoms with Crippen LogP contribution in [-0.4, -0.2) is 6.04 Å². The van der Waals surface area contributed by atoms with E-state index in [0.29, 0.717) is 12.1 Å². The number of benzene rings is 1. The zero-order chi connectivity index (χ0) is 14.5. The van der Waals surface area contributed by atoms with Crippen LogP contribution < -0.4 is 5.32 Å². The summed E-state index contributed by atoms with van der Waals surface area (Å²) in [5, 5.41) is 4.63. The van der Waals surface area contributed by atoms with Gasteiger partial charge in [0.1, 0.15) is 0 Å². The minimum atomic E-state index is 0.410. The van der Waals surface area contributed by atoms with Gasteiger partial charge in [0.2, 0.25) is 0 Å². The molecule has 0 heterocycles. The fraction of sp³-hybridized carbons (Fsp3) is 0.667. The predicted molar refractivity (Wildman–Crippen MR) is 88.2 cm³/mol. The Balaban J connectivity index is 1.88. The lowest BCUT2D eigenvalue weighted by Gasteiger charge is -2.23. The zero-order valence-electron chi connectivity index (χ0n) is 13.0. The quantitative estimate of drug-likeness (QED) is 0.713. The Hall–Kier alpha value is -0.530. The molecule has 2 heteroatoms. The second-order valence-corrected chi connectivity index (χ2v) is 7.09. The van der Waals surface area contributed by atoms with E-state index in [1.54, 1.807) is 0 Å². The third-order valence-corrected chi connectivity index (χ3v) is 5.06. The van der Waals surface area contributed by atoms with Crippen LogP contribution in [0.3, 0.4) is 0 Å². The van der Waals surface area contributed by atoms with Crippen molar-refractivity contribution in [1.29, 1.82) is 0 Å². The number of rotatable bonds is 4. The Labute approximate surface area is 129 Å². The van der Waals surface area contributed by atoms with Crippen molar-refractivity contribution >= 4 is 11.6 Å². The monoisotopic (exact) mass is 293 g/mol. The Morgan fingerprint density at radius 1 is 1.00 bits per heavy atom. The van der Waals surface area contributed by atoms with Crippen LogP contribution in [0.15, 0.2) is 24.3 Å². The van der Waals surface area contributed by atoms with Crippen LogP contribution in [-0.2, 0) is 0 Å². The summed E-state index contributed by atoms with van der Waals surface area (Å²) >= 11 is 5.96. The molecular formula is C18H28ClN.